The van der Waals surface area contributed by atoms with E-state index < -0.39 is 0 Å². The van der Waals surface area contributed by atoms with Gasteiger partial charge in [-0.3, -0.25) is 4.79 Å². The molecule has 1 aromatic carbocycles. The van der Waals surface area contributed by atoms with E-state index in [1.165, 1.54) is 0 Å². The van der Waals surface area contributed by atoms with Gasteiger partial charge in [-0.1, -0.05) is 12.8 Å². The molecule has 0 unspecified atom stereocenters. The highest BCUT2D eigenvalue weighted by atomic mass is 16.5. The molecule has 0 saturated heterocycles. The van der Waals surface area contributed by atoms with Crippen molar-refractivity contribution in [2.75, 3.05) is 19.8 Å². The molecular weight excluding hydrogens is 266 g/mol. The summed E-state index contributed by atoms with van der Waals surface area (Å²) in [5.74, 6) is 1.46. The van der Waals surface area contributed by atoms with E-state index in [0.717, 1.165) is 25.7 Å². The Labute approximate surface area is 126 Å². The van der Waals surface area contributed by atoms with Crippen molar-refractivity contribution in [3.63, 3.8) is 0 Å². The minimum Gasteiger partial charge on any atom is -0.490 e. The number of benzene rings is 1. The highest BCUT2D eigenvalue weighted by Gasteiger charge is 2.40. The molecule has 0 aromatic heterocycles. The molecule has 1 aromatic rings. The van der Waals surface area contributed by atoms with Crippen LogP contribution in [0.2, 0.25) is 0 Å². The molecule has 1 fully saturated rings. The summed E-state index contributed by atoms with van der Waals surface area (Å²) in [6, 6.07) is 5.44. The highest BCUT2D eigenvalue weighted by molar-refractivity contribution is 6.01. The third-order valence-electron chi connectivity index (χ3n) is 4.24. The molecule has 2 N–H and O–H groups in total. The molecule has 116 valence electrons. The maximum atomic E-state index is 12.8. The van der Waals surface area contributed by atoms with E-state index in [9.17, 15) is 4.79 Å². The molecule has 4 heteroatoms. The maximum absolute atomic E-state index is 12.8. The summed E-state index contributed by atoms with van der Waals surface area (Å²) in [7, 11) is 0. The Bertz CT molecular complexity index is 493. The SMILES string of the molecule is CCOc1ccc(C(=O)C2(CN)CCCC2)cc1OCC. The molecule has 0 heterocycles. The van der Waals surface area contributed by atoms with E-state index in [1.807, 2.05) is 26.0 Å². The van der Waals surface area contributed by atoms with Crippen molar-refractivity contribution in [3.05, 3.63) is 23.8 Å². The topological polar surface area (TPSA) is 61.5 Å². The van der Waals surface area contributed by atoms with Crippen molar-refractivity contribution in [1.29, 1.82) is 0 Å². The average Bonchev–Trinajstić information content (AvgIpc) is 2.99. The molecule has 0 radical (unpaired) electrons. The normalized spacial score (nSPS) is 16.7. The lowest BCUT2D eigenvalue weighted by Crippen LogP contribution is -2.36. The Balaban J connectivity index is 2.30. The van der Waals surface area contributed by atoms with Crippen molar-refractivity contribution in [3.8, 4) is 11.5 Å². The smallest absolute Gasteiger partial charge is 0.170 e. The van der Waals surface area contributed by atoms with Gasteiger partial charge in [0.05, 0.1) is 13.2 Å². The van der Waals surface area contributed by atoms with Crippen LogP contribution in [-0.4, -0.2) is 25.5 Å². The van der Waals surface area contributed by atoms with Crippen LogP contribution >= 0.6 is 0 Å². The maximum Gasteiger partial charge on any atom is 0.170 e. The first-order chi connectivity index (χ1) is 10.2. The summed E-state index contributed by atoms with van der Waals surface area (Å²) in [4.78, 5) is 12.8. The van der Waals surface area contributed by atoms with Gasteiger partial charge in [-0.15, -0.1) is 0 Å². The Morgan fingerprint density at radius 1 is 1.14 bits per heavy atom. The van der Waals surface area contributed by atoms with Gasteiger partial charge in [0.2, 0.25) is 0 Å². The Morgan fingerprint density at radius 3 is 2.33 bits per heavy atom. The second-order valence-electron chi connectivity index (χ2n) is 5.55. The lowest BCUT2D eigenvalue weighted by molar-refractivity contribution is 0.0809. The molecule has 0 amide bonds. The zero-order valence-corrected chi connectivity index (χ0v) is 13.0. The second kappa shape index (κ2) is 6.94. The largest absolute Gasteiger partial charge is 0.490 e. The first-order valence-electron chi connectivity index (χ1n) is 7.81. The lowest BCUT2D eigenvalue weighted by Gasteiger charge is -2.25. The predicted molar refractivity (Wildman–Crippen MR) is 83.1 cm³/mol. The Hall–Kier alpha value is -1.55. The van der Waals surface area contributed by atoms with Gasteiger partial charge < -0.3 is 15.2 Å². The van der Waals surface area contributed by atoms with Crippen LogP contribution in [-0.2, 0) is 0 Å². The zero-order valence-electron chi connectivity index (χ0n) is 13.0. The summed E-state index contributed by atoms with van der Waals surface area (Å²) in [6.45, 7) is 5.38. The Morgan fingerprint density at radius 2 is 1.76 bits per heavy atom. The van der Waals surface area contributed by atoms with Crippen molar-refractivity contribution >= 4 is 5.78 Å². The molecule has 0 spiro atoms. The first kappa shape index (κ1) is 15.8. The van der Waals surface area contributed by atoms with Crippen molar-refractivity contribution < 1.29 is 14.3 Å². The molecule has 1 aliphatic carbocycles. The number of Topliss-reactive ketones (excluding diaryl/α,β-unsaturated/α-hetero) is 1. The Kier molecular flexibility index (Phi) is 5.23. The number of nitrogens with two attached hydrogens (primary N) is 1. The van der Waals surface area contributed by atoms with Crippen LogP contribution in [0.15, 0.2) is 18.2 Å². The van der Waals surface area contributed by atoms with E-state index in [1.54, 1.807) is 6.07 Å². The summed E-state index contributed by atoms with van der Waals surface area (Å²) in [6.07, 6.45) is 3.94. The summed E-state index contributed by atoms with van der Waals surface area (Å²) in [5, 5.41) is 0. The average molecular weight is 291 g/mol. The quantitative estimate of drug-likeness (QED) is 0.784. The fourth-order valence-corrected chi connectivity index (χ4v) is 3.07. The van der Waals surface area contributed by atoms with Crippen molar-refractivity contribution in [2.45, 2.75) is 39.5 Å². The molecule has 0 aliphatic heterocycles. The van der Waals surface area contributed by atoms with Gasteiger partial charge in [0.1, 0.15) is 0 Å². The molecule has 0 bridgehead atoms. The fourth-order valence-electron chi connectivity index (χ4n) is 3.07. The van der Waals surface area contributed by atoms with E-state index in [4.69, 9.17) is 15.2 Å². The van der Waals surface area contributed by atoms with Gasteiger partial charge in [0, 0.05) is 17.5 Å². The minimum absolute atomic E-state index is 0.145. The zero-order chi connectivity index (χ0) is 15.3. The number of rotatable bonds is 7. The third-order valence-corrected chi connectivity index (χ3v) is 4.24. The molecule has 0 atom stereocenters. The monoisotopic (exact) mass is 291 g/mol. The van der Waals surface area contributed by atoms with Crippen LogP contribution in [0.1, 0.15) is 49.9 Å². The number of hydrogen-bond donors (Lipinski definition) is 1. The third kappa shape index (κ3) is 3.21. The summed E-state index contributed by atoms with van der Waals surface area (Å²) in [5.41, 5.74) is 6.20. The lowest BCUT2D eigenvalue weighted by atomic mass is 9.79. The van der Waals surface area contributed by atoms with Crippen molar-refractivity contribution in [2.24, 2.45) is 11.1 Å². The van der Waals surface area contributed by atoms with E-state index in [2.05, 4.69) is 0 Å². The second-order valence-corrected chi connectivity index (χ2v) is 5.55. The molecule has 21 heavy (non-hydrogen) atoms. The minimum atomic E-state index is -0.378. The van der Waals surface area contributed by atoms with Crippen LogP contribution in [0.3, 0.4) is 0 Å². The van der Waals surface area contributed by atoms with E-state index in [0.29, 0.717) is 36.8 Å². The van der Waals surface area contributed by atoms with Gasteiger partial charge in [-0.25, -0.2) is 0 Å². The first-order valence-corrected chi connectivity index (χ1v) is 7.81. The van der Waals surface area contributed by atoms with Gasteiger partial charge in [0.15, 0.2) is 17.3 Å². The van der Waals surface area contributed by atoms with Crippen molar-refractivity contribution in [1.82, 2.24) is 0 Å². The molecule has 1 saturated carbocycles. The molecule has 1 aliphatic rings. The molecule has 2 rings (SSSR count). The number of carbonyl (C=O) groups is 1. The number of carbonyl (C=O) groups excluding carboxylic acids is 1. The fraction of sp³-hybridized carbons (Fsp3) is 0.588. The van der Waals surface area contributed by atoms with Crippen LogP contribution in [0, 0.1) is 5.41 Å². The van der Waals surface area contributed by atoms with Crippen LogP contribution in [0.25, 0.3) is 0 Å². The predicted octanol–water partition coefficient (Wildman–Crippen LogP) is 3.19. The van der Waals surface area contributed by atoms with Gasteiger partial charge in [0.25, 0.3) is 0 Å². The van der Waals surface area contributed by atoms with Crippen LogP contribution < -0.4 is 15.2 Å². The number of ether oxygens (including phenoxy) is 2. The van der Waals surface area contributed by atoms with Crippen LogP contribution in [0.5, 0.6) is 11.5 Å². The highest BCUT2D eigenvalue weighted by Crippen LogP contribution is 2.41. The molecular formula is C17H25NO3. The van der Waals surface area contributed by atoms with Crippen LogP contribution in [0.4, 0.5) is 0 Å². The van der Waals surface area contributed by atoms with Gasteiger partial charge >= 0.3 is 0 Å². The van der Waals surface area contributed by atoms with E-state index in [-0.39, 0.29) is 11.2 Å². The summed E-state index contributed by atoms with van der Waals surface area (Å²) < 4.78 is 11.1. The number of hydrogen-bond acceptors (Lipinski definition) is 4. The standard InChI is InChI=1S/C17H25NO3/c1-3-20-14-8-7-13(11-15(14)21-4-2)16(19)17(12-18)9-5-6-10-17/h7-8,11H,3-6,9-10,12,18H2,1-2H3. The van der Waals surface area contributed by atoms with E-state index >= 15 is 0 Å². The number of ketones is 1. The summed E-state index contributed by atoms with van der Waals surface area (Å²) >= 11 is 0. The van der Waals surface area contributed by atoms with Gasteiger partial charge in [-0.2, -0.15) is 0 Å². The molecule has 4 nitrogen and oxygen atoms in total. The van der Waals surface area contributed by atoms with Gasteiger partial charge in [-0.05, 0) is 44.9 Å².